The molecular weight excluding hydrogens is 252 g/mol. The van der Waals surface area contributed by atoms with Gasteiger partial charge in [-0.2, -0.15) is 5.10 Å². The number of carbonyl (C=O) groups is 1. The first-order chi connectivity index (χ1) is 9.81. The fourth-order valence-corrected chi connectivity index (χ4v) is 2.90. The Kier molecular flexibility index (Phi) is 3.81. The SMILES string of the molecule is O=C(COc1ccccc1)N/N=C/C1CC2C=CC1C2. The molecular formula is C16H18N2O2. The Morgan fingerprint density at radius 3 is 2.85 bits per heavy atom. The van der Waals surface area contributed by atoms with E-state index in [1.54, 1.807) is 0 Å². The number of benzene rings is 1. The second kappa shape index (κ2) is 5.90. The van der Waals surface area contributed by atoms with Gasteiger partial charge in [0.05, 0.1) is 0 Å². The summed E-state index contributed by atoms with van der Waals surface area (Å²) >= 11 is 0. The first-order valence-electron chi connectivity index (χ1n) is 6.99. The van der Waals surface area contributed by atoms with Gasteiger partial charge in [0.1, 0.15) is 5.75 Å². The summed E-state index contributed by atoms with van der Waals surface area (Å²) in [7, 11) is 0. The average Bonchev–Trinajstić information content (AvgIpc) is 3.09. The molecule has 3 unspecified atom stereocenters. The molecule has 2 aliphatic carbocycles. The Morgan fingerprint density at radius 1 is 1.30 bits per heavy atom. The molecule has 2 bridgehead atoms. The smallest absolute Gasteiger partial charge is 0.277 e. The zero-order valence-electron chi connectivity index (χ0n) is 11.2. The number of allylic oxidation sites excluding steroid dienone is 2. The predicted molar refractivity (Wildman–Crippen MR) is 77.4 cm³/mol. The molecule has 1 fully saturated rings. The van der Waals surface area contributed by atoms with E-state index in [1.807, 2.05) is 36.5 Å². The third-order valence-corrected chi connectivity index (χ3v) is 3.90. The van der Waals surface area contributed by atoms with Gasteiger partial charge in [-0.05, 0) is 36.8 Å². The van der Waals surface area contributed by atoms with Gasteiger partial charge in [0.25, 0.3) is 5.91 Å². The molecule has 1 N–H and O–H groups in total. The second-order valence-electron chi connectivity index (χ2n) is 5.36. The first kappa shape index (κ1) is 12.9. The molecule has 1 saturated carbocycles. The van der Waals surface area contributed by atoms with E-state index in [1.165, 1.54) is 6.42 Å². The monoisotopic (exact) mass is 270 g/mol. The van der Waals surface area contributed by atoms with Crippen LogP contribution < -0.4 is 10.2 Å². The lowest BCUT2D eigenvalue weighted by atomic mass is 9.95. The van der Waals surface area contributed by atoms with Crippen LogP contribution in [0, 0.1) is 17.8 Å². The van der Waals surface area contributed by atoms with Gasteiger partial charge in [0, 0.05) is 12.1 Å². The fourth-order valence-electron chi connectivity index (χ4n) is 2.90. The number of hydrogen-bond donors (Lipinski definition) is 1. The van der Waals surface area contributed by atoms with Crippen LogP contribution in [-0.2, 0) is 4.79 Å². The molecule has 1 aromatic carbocycles. The topological polar surface area (TPSA) is 50.7 Å². The van der Waals surface area contributed by atoms with Crippen molar-refractivity contribution in [2.24, 2.45) is 22.9 Å². The molecule has 3 atom stereocenters. The number of carbonyl (C=O) groups excluding carboxylic acids is 1. The van der Waals surface area contributed by atoms with Crippen molar-refractivity contribution in [2.75, 3.05) is 6.61 Å². The average molecular weight is 270 g/mol. The number of para-hydroxylation sites is 1. The van der Waals surface area contributed by atoms with Crippen LogP contribution in [0.15, 0.2) is 47.6 Å². The molecule has 20 heavy (non-hydrogen) atoms. The Bertz CT molecular complexity index is 525. The molecule has 0 radical (unpaired) electrons. The number of hydrogen-bond acceptors (Lipinski definition) is 3. The number of ether oxygens (including phenoxy) is 1. The summed E-state index contributed by atoms with van der Waals surface area (Å²) < 4.78 is 5.34. The molecule has 1 amide bonds. The maximum absolute atomic E-state index is 11.6. The van der Waals surface area contributed by atoms with E-state index in [0.717, 1.165) is 6.42 Å². The fraction of sp³-hybridized carbons (Fsp3) is 0.375. The van der Waals surface area contributed by atoms with Crippen molar-refractivity contribution in [1.29, 1.82) is 0 Å². The van der Waals surface area contributed by atoms with E-state index in [-0.39, 0.29) is 12.5 Å². The Balaban J connectivity index is 1.40. The number of nitrogens with one attached hydrogen (secondary N) is 1. The molecule has 0 aliphatic heterocycles. The van der Waals surface area contributed by atoms with Gasteiger partial charge in [-0.15, -0.1) is 0 Å². The van der Waals surface area contributed by atoms with Gasteiger partial charge in [-0.1, -0.05) is 30.4 Å². The van der Waals surface area contributed by atoms with Gasteiger partial charge in [0.15, 0.2) is 6.61 Å². The largest absolute Gasteiger partial charge is 0.484 e. The number of nitrogens with zero attached hydrogens (tertiary/aromatic N) is 1. The van der Waals surface area contributed by atoms with E-state index >= 15 is 0 Å². The van der Waals surface area contributed by atoms with Crippen LogP contribution in [0.1, 0.15) is 12.8 Å². The number of rotatable bonds is 5. The zero-order valence-corrected chi connectivity index (χ0v) is 11.2. The summed E-state index contributed by atoms with van der Waals surface area (Å²) in [4.78, 5) is 11.6. The predicted octanol–water partition coefficient (Wildman–Crippen LogP) is 2.38. The van der Waals surface area contributed by atoms with Crippen LogP contribution in [0.25, 0.3) is 0 Å². The third kappa shape index (κ3) is 3.07. The van der Waals surface area contributed by atoms with Crippen LogP contribution >= 0.6 is 0 Å². The summed E-state index contributed by atoms with van der Waals surface area (Å²) in [5.74, 6) is 2.25. The van der Waals surface area contributed by atoms with E-state index < -0.39 is 0 Å². The molecule has 0 aromatic heterocycles. The Labute approximate surface area is 118 Å². The summed E-state index contributed by atoms with van der Waals surface area (Å²) in [5.41, 5.74) is 2.52. The molecule has 0 spiro atoms. The van der Waals surface area contributed by atoms with Crippen LogP contribution in [0.3, 0.4) is 0 Å². The molecule has 3 rings (SSSR count). The minimum atomic E-state index is -0.233. The molecule has 104 valence electrons. The molecule has 2 aliphatic rings. The standard InChI is InChI=1S/C16H18N2O2/c19-16(11-20-15-4-2-1-3-5-15)18-17-10-14-9-12-6-7-13(14)8-12/h1-7,10,12-14H,8-9,11H2,(H,18,19)/b17-10+. The maximum Gasteiger partial charge on any atom is 0.277 e. The van der Waals surface area contributed by atoms with Crippen molar-refractivity contribution in [2.45, 2.75) is 12.8 Å². The van der Waals surface area contributed by atoms with Crippen LogP contribution in [0.2, 0.25) is 0 Å². The van der Waals surface area contributed by atoms with Crippen LogP contribution in [0.4, 0.5) is 0 Å². The van der Waals surface area contributed by atoms with Gasteiger partial charge >= 0.3 is 0 Å². The minimum Gasteiger partial charge on any atom is -0.484 e. The van der Waals surface area contributed by atoms with E-state index in [0.29, 0.717) is 23.5 Å². The normalized spacial score (nSPS) is 27.1. The number of hydrazone groups is 1. The highest BCUT2D eigenvalue weighted by molar-refractivity contribution is 5.78. The van der Waals surface area contributed by atoms with E-state index in [4.69, 9.17) is 4.74 Å². The summed E-state index contributed by atoms with van der Waals surface area (Å²) in [6.45, 7) is -0.0159. The Hall–Kier alpha value is -2.10. The van der Waals surface area contributed by atoms with Gasteiger partial charge in [-0.25, -0.2) is 5.43 Å². The summed E-state index contributed by atoms with van der Waals surface area (Å²) in [6.07, 6.45) is 8.82. The van der Waals surface area contributed by atoms with Crippen LogP contribution in [0.5, 0.6) is 5.75 Å². The van der Waals surface area contributed by atoms with Crippen molar-refractivity contribution in [1.82, 2.24) is 5.43 Å². The third-order valence-electron chi connectivity index (χ3n) is 3.90. The van der Waals surface area contributed by atoms with Crippen molar-refractivity contribution in [3.8, 4) is 5.75 Å². The lowest BCUT2D eigenvalue weighted by molar-refractivity contribution is -0.123. The highest BCUT2D eigenvalue weighted by Crippen LogP contribution is 2.42. The molecule has 4 heteroatoms. The maximum atomic E-state index is 11.6. The first-order valence-corrected chi connectivity index (χ1v) is 6.99. The lowest BCUT2D eigenvalue weighted by Gasteiger charge is -2.12. The van der Waals surface area contributed by atoms with Gasteiger partial charge in [0.2, 0.25) is 0 Å². The quantitative estimate of drug-likeness (QED) is 0.507. The Morgan fingerprint density at radius 2 is 2.15 bits per heavy atom. The van der Waals surface area contributed by atoms with Crippen molar-refractivity contribution in [3.05, 3.63) is 42.5 Å². The zero-order chi connectivity index (χ0) is 13.8. The highest BCUT2D eigenvalue weighted by Gasteiger charge is 2.34. The summed E-state index contributed by atoms with van der Waals surface area (Å²) in [6, 6.07) is 9.28. The van der Waals surface area contributed by atoms with Crippen LogP contribution in [-0.4, -0.2) is 18.7 Å². The molecule has 0 heterocycles. The number of fused-ring (bicyclic) bond motifs is 2. The molecule has 0 saturated heterocycles. The van der Waals surface area contributed by atoms with Crippen molar-refractivity contribution < 1.29 is 9.53 Å². The minimum absolute atomic E-state index is 0.0159. The van der Waals surface area contributed by atoms with Crippen molar-refractivity contribution >= 4 is 12.1 Å². The molecule has 4 nitrogen and oxygen atoms in total. The summed E-state index contributed by atoms with van der Waals surface area (Å²) in [5, 5.41) is 4.05. The highest BCUT2D eigenvalue weighted by atomic mass is 16.5. The number of amides is 1. The second-order valence-corrected chi connectivity index (χ2v) is 5.36. The lowest BCUT2D eigenvalue weighted by Crippen LogP contribution is -2.25. The van der Waals surface area contributed by atoms with Gasteiger partial charge in [-0.3, -0.25) is 4.79 Å². The molecule has 1 aromatic rings. The van der Waals surface area contributed by atoms with Crippen molar-refractivity contribution in [3.63, 3.8) is 0 Å². The van der Waals surface area contributed by atoms with E-state index in [9.17, 15) is 4.79 Å². The van der Waals surface area contributed by atoms with E-state index in [2.05, 4.69) is 22.7 Å². The van der Waals surface area contributed by atoms with Gasteiger partial charge < -0.3 is 4.74 Å².